The number of anilines is 1. The molecule has 1 aliphatic carbocycles. The van der Waals surface area contributed by atoms with Crippen LogP contribution in [0, 0.1) is 22.0 Å². The van der Waals surface area contributed by atoms with Crippen molar-refractivity contribution in [2.75, 3.05) is 5.32 Å². The maximum atomic E-state index is 11.1. The van der Waals surface area contributed by atoms with Gasteiger partial charge in [-0.25, -0.2) is 0 Å². The summed E-state index contributed by atoms with van der Waals surface area (Å²) in [5.41, 5.74) is 0.764. The monoisotopic (exact) mass is 326 g/mol. The van der Waals surface area contributed by atoms with Crippen molar-refractivity contribution in [1.29, 1.82) is 0 Å². The Labute approximate surface area is 121 Å². The number of halogens is 1. The zero-order valence-electron chi connectivity index (χ0n) is 11.2. The van der Waals surface area contributed by atoms with E-state index in [2.05, 4.69) is 35.1 Å². The Balaban J connectivity index is 2.16. The third-order valence-corrected chi connectivity index (χ3v) is 4.19. The van der Waals surface area contributed by atoms with Crippen molar-refractivity contribution in [3.8, 4) is 0 Å². The minimum absolute atomic E-state index is 0.139. The van der Waals surface area contributed by atoms with Gasteiger partial charge in [-0.1, -0.05) is 29.8 Å². The van der Waals surface area contributed by atoms with E-state index < -0.39 is 0 Å². The van der Waals surface area contributed by atoms with Gasteiger partial charge in [0, 0.05) is 16.6 Å². The molecule has 19 heavy (non-hydrogen) atoms. The average molecular weight is 327 g/mol. The van der Waals surface area contributed by atoms with Crippen LogP contribution in [0.5, 0.6) is 0 Å². The molecule has 1 aliphatic rings. The SMILES string of the molecule is CC1CC(C)CC(Nc2ccc(Br)cc2[N+](=O)[O-])C1. The van der Waals surface area contributed by atoms with E-state index in [1.807, 2.05) is 6.07 Å². The summed E-state index contributed by atoms with van der Waals surface area (Å²) < 4.78 is 0.732. The second-order valence-corrected chi connectivity index (χ2v) is 6.59. The van der Waals surface area contributed by atoms with E-state index in [1.165, 1.54) is 6.42 Å². The first-order valence-electron chi connectivity index (χ1n) is 6.66. The van der Waals surface area contributed by atoms with Crippen molar-refractivity contribution in [3.05, 3.63) is 32.8 Å². The number of nitro benzene ring substituents is 1. The molecule has 1 aromatic rings. The summed E-state index contributed by atoms with van der Waals surface area (Å²) in [6.07, 6.45) is 3.41. The molecular formula is C14H19BrN2O2. The van der Waals surface area contributed by atoms with Crippen molar-refractivity contribution in [3.63, 3.8) is 0 Å². The molecule has 0 radical (unpaired) electrons. The maximum Gasteiger partial charge on any atom is 0.293 e. The first-order chi connectivity index (χ1) is 8.95. The molecule has 0 amide bonds. The van der Waals surface area contributed by atoms with Gasteiger partial charge in [0.2, 0.25) is 0 Å². The first kappa shape index (κ1) is 14.3. The van der Waals surface area contributed by atoms with Gasteiger partial charge in [0.25, 0.3) is 5.69 Å². The van der Waals surface area contributed by atoms with E-state index >= 15 is 0 Å². The summed E-state index contributed by atoms with van der Waals surface area (Å²) in [4.78, 5) is 10.8. The highest BCUT2D eigenvalue weighted by molar-refractivity contribution is 9.10. The molecule has 0 aromatic heterocycles. The molecule has 1 N–H and O–H groups in total. The second kappa shape index (κ2) is 5.90. The molecule has 0 aliphatic heterocycles. The minimum Gasteiger partial charge on any atom is -0.377 e. The van der Waals surface area contributed by atoms with Crippen LogP contribution in [0.4, 0.5) is 11.4 Å². The van der Waals surface area contributed by atoms with Crippen molar-refractivity contribution in [2.45, 2.75) is 39.2 Å². The van der Waals surface area contributed by atoms with Gasteiger partial charge in [-0.05, 0) is 43.2 Å². The number of hydrogen-bond acceptors (Lipinski definition) is 3. The Kier molecular flexibility index (Phi) is 4.45. The number of benzene rings is 1. The Morgan fingerprint density at radius 3 is 2.47 bits per heavy atom. The van der Waals surface area contributed by atoms with Gasteiger partial charge in [0.15, 0.2) is 0 Å². The van der Waals surface area contributed by atoms with Crippen LogP contribution in [-0.4, -0.2) is 11.0 Å². The number of nitrogens with zero attached hydrogens (tertiary/aromatic N) is 1. The molecule has 0 saturated heterocycles. The predicted molar refractivity (Wildman–Crippen MR) is 80.4 cm³/mol. The number of rotatable bonds is 3. The Bertz CT molecular complexity index is 469. The lowest BCUT2D eigenvalue weighted by Crippen LogP contribution is -2.30. The van der Waals surface area contributed by atoms with E-state index in [9.17, 15) is 10.1 Å². The Morgan fingerprint density at radius 2 is 1.89 bits per heavy atom. The summed E-state index contributed by atoms with van der Waals surface area (Å²) in [6.45, 7) is 4.50. The minimum atomic E-state index is -0.331. The largest absolute Gasteiger partial charge is 0.377 e. The van der Waals surface area contributed by atoms with E-state index in [1.54, 1.807) is 12.1 Å². The summed E-state index contributed by atoms with van der Waals surface area (Å²) >= 11 is 3.28. The molecule has 1 fully saturated rings. The lowest BCUT2D eigenvalue weighted by molar-refractivity contribution is -0.384. The van der Waals surface area contributed by atoms with Crippen molar-refractivity contribution in [2.24, 2.45) is 11.8 Å². The van der Waals surface area contributed by atoms with Crippen LogP contribution < -0.4 is 5.32 Å². The Hall–Kier alpha value is -1.10. The summed E-state index contributed by atoms with van der Waals surface area (Å²) in [5.74, 6) is 1.35. The number of nitrogens with one attached hydrogen (secondary N) is 1. The van der Waals surface area contributed by atoms with Crippen LogP contribution in [-0.2, 0) is 0 Å². The molecular weight excluding hydrogens is 308 g/mol. The second-order valence-electron chi connectivity index (χ2n) is 5.68. The fraction of sp³-hybridized carbons (Fsp3) is 0.571. The van der Waals surface area contributed by atoms with Gasteiger partial charge in [0.1, 0.15) is 5.69 Å². The first-order valence-corrected chi connectivity index (χ1v) is 7.45. The summed E-state index contributed by atoms with van der Waals surface area (Å²) in [6, 6.07) is 5.51. The van der Waals surface area contributed by atoms with Gasteiger partial charge in [-0.2, -0.15) is 0 Å². The highest BCUT2D eigenvalue weighted by Crippen LogP contribution is 2.34. The van der Waals surface area contributed by atoms with Gasteiger partial charge in [-0.3, -0.25) is 10.1 Å². The normalized spacial score (nSPS) is 27.0. The van der Waals surface area contributed by atoms with Crippen LogP contribution >= 0.6 is 15.9 Å². The van der Waals surface area contributed by atoms with Crippen LogP contribution in [0.2, 0.25) is 0 Å². The topological polar surface area (TPSA) is 55.2 Å². The number of nitro groups is 1. The molecule has 5 heteroatoms. The smallest absolute Gasteiger partial charge is 0.293 e. The molecule has 104 valence electrons. The van der Waals surface area contributed by atoms with Gasteiger partial charge < -0.3 is 5.32 Å². The zero-order valence-corrected chi connectivity index (χ0v) is 12.8. The van der Waals surface area contributed by atoms with Gasteiger partial charge in [-0.15, -0.1) is 0 Å². The summed E-state index contributed by atoms with van der Waals surface area (Å²) in [7, 11) is 0. The van der Waals surface area contributed by atoms with Crippen LogP contribution in [0.25, 0.3) is 0 Å². The fourth-order valence-electron chi connectivity index (χ4n) is 3.06. The fourth-order valence-corrected chi connectivity index (χ4v) is 3.41. The van der Waals surface area contributed by atoms with Crippen molar-refractivity contribution in [1.82, 2.24) is 0 Å². The van der Waals surface area contributed by atoms with Crippen LogP contribution in [0.1, 0.15) is 33.1 Å². The van der Waals surface area contributed by atoms with Gasteiger partial charge in [0.05, 0.1) is 4.92 Å². The molecule has 2 unspecified atom stereocenters. The molecule has 0 spiro atoms. The lowest BCUT2D eigenvalue weighted by atomic mass is 9.80. The summed E-state index contributed by atoms with van der Waals surface area (Å²) in [5, 5.41) is 14.4. The van der Waals surface area contributed by atoms with Crippen LogP contribution in [0.15, 0.2) is 22.7 Å². The molecule has 2 atom stereocenters. The molecule has 2 rings (SSSR count). The highest BCUT2D eigenvalue weighted by atomic mass is 79.9. The quantitative estimate of drug-likeness (QED) is 0.652. The van der Waals surface area contributed by atoms with Crippen molar-refractivity contribution < 1.29 is 4.92 Å². The molecule has 0 heterocycles. The molecule has 0 bridgehead atoms. The average Bonchev–Trinajstić information content (AvgIpc) is 2.30. The third kappa shape index (κ3) is 3.69. The van der Waals surface area contributed by atoms with Gasteiger partial charge >= 0.3 is 0 Å². The third-order valence-electron chi connectivity index (χ3n) is 3.69. The van der Waals surface area contributed by atoms with E-state index in [0.717, 1.165) is 17.3 Å². The molecule has 4 nitrogen and oxygen atoms in total. The predicted octanol–water partition coefficient (Wildman–Crippen LogP) is 4.59. The maximum absolute atomic E-state index is 11.1. The standard InChI is InChI=1S/C14H19BrN2O2/c1-9-5-10(2)7-12(6-9)16-13-4-3-11(15)8-14(13)17(18)19/h3-4,8-10,12,16H,5-7H2,1-2H3. The van der Waals surface area contributed by atoms with E-state index in [-0.39, 0.29) is 10.6 Å². The highest BCUT2D eigenvalue weighted by Gasteiger charge is 2.25. The van der Waals surface area contributed by atoms with E-state index in [4.69, 9.17) is 0 Å². The molecule has 1 aromatic carbocycles. The lowest BCUT2D eigenvalue weighted by Gasteiger charge is -2.32. The van der Waals surface area contributed by atoms with E-state index in [0.29, 0.717) is 23.6 Å². The van der Waals surface area contributed by atoms with Crippen molar-refractivity contribution >= 4 is 27.3 Å². The number of hydrogen-bond donors (Lipinski definition) is 1. The molecule has 1 saturated carbocycles. The Morgan fingerprint density at radius 1 is 1.26 bits per heavy atom. The van der Waals surface area contributed by atoms with Crippen LogP contribution in [0.3, 0.4) is 0 Å². The zero-order chi connectivity index (χ0) is 14.0.